The first-order valence-corrected chi connectivity index (χ1v) is 9.03. The minimum absolute atomic E-state index is 0.295. The molecule has 122 valence electrons. The second kappa shape index (κ2) is 6.51. The van der Waals surface area contributed by atoms with Gasteiger partial charge in [0.05, 0.1) is 6.04 Å². The molecule has 1 fully saturated rings. The Morgan fingerprint density at radius 3 is 2.87 bits per heavy atom. The van der Waals surface area contributed by atoms with Gasteiger partial charge >= 0.3 is 0 Å². The van der Waals surface area contributed by atoms with Gasteiger partial charge in [-0.05, 0) is 49.7 Å². The lowest BCUT2D eigenvalue weighted by molar-refractivity contribution is 0.174. The van der Waals surface area contributed by atoms with Gasteiger partial charge in [-0.3, -0.25) is 4.90 Å². The number of fused-ring (bicyclic) bond motifs is 1. The van der Waals surface area contributed by atoms with Crippen molar-refractivity contribution < 1.29 is 9.47 Å². The van der Waals surface area contributed by atoms with E-state index in [4.69, 9.17) is 9.47 Å². The van der Waals surface area contributed by atoms with Crippen LogP contribution in [0.5, 0.6) is 11.5 Å². The smallest absolute Gasteiger partial charge is 0.231 e. The summed E-state index contributed by atoms with van der Waals surface area (Å²) in [5.41, 5.74) is 1.29. The van der Waals surface area contributed by atoms with Crippen molar-refractivity contribution in [2.24, 2.45) is 0 Å². The Morgan fingerprint density at radius 1 is 1.09 bits per heavy atom. The van der Waals surface area contributed by atoms with E-state index in [9.17, 15) is 0 Å². The molecule has 5 heteroatoms. The van der Waals surface area contributed by atoms with Gasteiger partial charge in [0.15, 0.2) is 11.5 Å². The number of nitrogens with zero attached hydrogens (tertiary/aromatic N) is 1. The lowest BCUT2D eigenvalue weighted by Gasteiger charge is -2.30. The highest BCUT2D eigenvalue weighted by Gasteiger charge is 2.26. The Balaban J connectivity index is 1.72. The van der Waals surface area contributed by atoms with Gasteiger partial charge < -0.3 is 14.8 Å². The van der Waals surface area contributed by atoms with Crippen LogP contribution in [0.15, 0.2) is 30.3 Å². The van der Waals surface area contributed by atoms with Crippen LogP contribution >= 0.6 is 11.3 Å². The van der Waals surface area contributed by atoms with E-state index in [1.165, 1.54) is 21.7 Å². The standard InChI is InChI=1S/C18H22N2O2S/c1-13-3-6-17(23-13)18(20-9-2-7-19-8-10-20)14-4-5-15-16(11-14)22-12-21-15/h3-6,11,18-19H,2,7-10,12H2,1H3. The van der Waals surface area contributed by atoms with E-state index in [0.717, 1.165) is 37.7 Å². The van der Waals surface area contributed by atoms with Gasteiger partial charge in [0.1, 0.15) is 0 Å². The van der Waals surface area contributed by atoms with Crippen molar-refractivity contribution in [1.82, 2.24) is 10.2 Å². The lowest BCUT2D eigenvalue weighted by Crippen LogP contribution is -2.32. The first kappa shape index (κ1) is 15.0. The van der Waals surface area contributed by atoms with E-state index < -0.39 is 0 Å². The minimum atomic E-state index is 0.295. The highest BCUT2D eigenvalue weighted by molar-refractivity contribution is 7.12. The molecule has 0 saturated carbocycles. The molecule has 23 heavy (non-hydrogen) atoms. The summed E-state index contributed by atoms with van der Waals surface area (Å²) in [6.45, 7) is 6.84. The molecule has 2 aromatic rings. The summed E-state index contributed by atoms with van der Waals surface area (Å²) in [5, 5.41) is 3.50. The predicted octanol–water partition coefficient (Wildman–Crippen LogP) is 3.17. The number of thiophene rings is 1. The average Bonchev–Trinajstić information content (AvgIpc) is 3.10. The number of ether oxygens (including phenoxy) is 2. The van der Waals surface area contributed by atoms with E-state index >= 15 is 0 Å². The minimum Gasteiger partial charge on any atom is -0.454 e. The third kappa shape index (κ3) is 3.09. The summed E-state index contributed by atoms with van der Waals surface area (Å²) in [6.07, 6.45) is 1.19. The Kier molecular flexibility index (Phi) is 4.25. The van der Waals surface area contributed by atoms with Crippen LogP contribution in [0.25, 0.3) is 0 Å². The van der Waals surface area contributed by atoms with Crippen LogP contribution in [-0.4, -0.2) is 37.9 Å². The van der Waals surface area contributed by atoms with E-state index in [2.05, 4.69) is 41.4 Å². The zero-order chi connectivity index (χ0) is 15.6. The van der Waals surface area contributed by atoms with Gasteiger partial charge in [0.2, 0.25) is 6.79 Å². The maximum atomic E-state index is 5.59. The summed E-state index contributed by atoms with van der Waals surface area (Å²) in [5.74, 6) is 1.72. The highest BCUT2D eigenvalue weighted by Crippen LogP contribution is 2.39. The molecule has 0 aliphatic carbocycles. The molecule has 1 unspecified atom stereocenters. The number of hydrogen-bond acceptors (Lipinski definition) is 5. The summed E-state index contributed by atoms with van der Waals surface area (Å²) in [4.78, 5) is 5.35. The zero-order valence-electron chi connectivity index (χ0n) is 13.4. The maximum Gasteiger partial charge on any atom is 0.231 e. The molecule has 1 N–H and O–H groups in total. The molecular weight excluding hydrogens is 308 g/mol. The largest absolute Gasteiger partial charge is 0.454 e. The SMILES string of the molecule is Cc1ccc(C(c2ccc3c(c2)OCO3)N2CCCNCC2)s1. The predicted molar refractivity (Wildman–Crippen MR) is 92.5 cm³/mol. The monoisotopic (exact) mass is 330 g/mol. The Bertz CT molecular complexity index is 677. The molecule has 0 amide bonds. The summed E-state index contributed by atoms with van der Waals surface area (Å²) in [6, 6.07) is 11.2. The molecule has 1 aromatic heterocycles. The molecule has 1 aromatic carbocycles. The van der Waals surface area contributed by atoms with Gasteiger partial charge in [0.25, 0.3) is 0 Å². The molecule has 4 rings (SSSR count). The fourth-order valence-corrected chi connectivity index (χ4v) is 4.40. The number of aryl methyl sites for hydroxylation is 1. The van der Waals surface area contributed by atoms with E-state index in [1.807, 2.05) is 17.4 Å². The van der Waals surface area contributed by atoms with E-state index in [0.29, 0.717) is 12.8 Å². The lowest BCUT2D eigenvalue weighted by atomic mass is 10.0. The molecule has 0 spiro atoms. The molecule has 1 atom stereocenters. The van der Waals surface area contributed by atoms with Gasteiger partial charge in [-0.1, -0.05) is 6.07 Å². The van der Waals surface area contributed by atoms with Crippen molar-refractivity contribution >= 4 is 11.3 Å². The number of hydrogen-bond donors (Lipinski definition) is 1. The molecule has 3 heterocycles. The van der Waals surface area contributed by atoms with Crippen molar-refractivity contribution in [2.45, 2.75) is 19.4 Å². The molecule has 2 aliphatic rings. The average molecular weight is 330 g/mol. The van der Waals surface area contributed by atoms with Gasteiger partial charge in [-0.25, -0.2) is 0 Å². The molecular formula is C18H22N2O2S. The first-order chi connectivity index (χ1) is 11.3. The molecule has 1 saturated heterocycles. The van der Waals surface area contributed by atoms with Crippen molar-refractivity contribution in [1.29, 1.82) is 0 Å². The summed E-state index contributed by atoms with van der Waals surface area (Å²) >= 11 is 1.89. The van der Waals surface area contributed by atoms with Gasteiger partial charge in [-0.15, -0.1) is 11.3 Å². The second-order valence-electron chi connectivity index (χ2n) is 6.10. The normalized spacial score (nSPS) is 19.5. The number of benzene rings is 1. The quantitative estimate of drug-likeness (QED) is 0.937. The summed E-state index contributed by atoms with van der Waals surface area (Å²) in [7, 11) is 0. The van der Waals surface area contributed by atoms with E-state index in [1.54, 1.807) is 0 Å². The first-order valence-electron chi connectivity index (χ1n) is 8.22. The Labute approximate surface area is 141 Å². The second-order valence-corrected chi connectivity index (χ2v) is 7.42. The molecule has 4 nitrogen and oxygen atoms in total. The Hall–Kier alpha value is -1.56. The number of nitrogens with one attached hydrogen (secondary N) is 1. The van der Waals surface area contributed by atoms with Crippen LogP contribution in [0.4, 0.5) is 0 Å². The van der Waals surface area contributed by atoms with Crippen molar-refractivity contribution in [3.8, 4) is 11.5 Å². The van der Waals surface area contributed by atoms with Crippen molar-refractivity contribution in [3.05, 3.63) is 45.6 Å². The van der Waals surface area contributed by atoms with E-state index in [-0.39, 0.29) is 0 Å². The number of rotatable bonds is 3. The van der Waals surface area contributed by atoms with Crippen LogP contribution in [0.1, 0.15) is 27.8 Å². The molecule has 0 bridgehead atoms. The summed E-state index contributed by atoms with van der Waals surface area (Å²) < 4.78 is 11.1. The zero-order valence-corrected chi connectivity index (χ0v) is 14.2. The topological polar surface area (TPSA) is 33.7 Å². The van der Waals surface area contributed by atoms with Gasteiger partial charge in [-0.2, -0.15) is 0 Å². The Morgan fingerprint density at radius 2 is 2.00 bits per heavy atom. The van der Waals surface area contributed by atoms with Crippen LogP contribution in [-0.2, 0) is 0 Å². The maximum absolute atomic E-state index is 5.59. The van der Waals surface area contributed by atoms with Crippen LogP contribution in [0.2, 0.25) is 0 Å². The van der Waals surface area contributed by atoms with Crippen LogP contribution < -0.4 is 14.8 Å². The van der Waals surface area contributed by atoms with Crippen molar-refractivity contribution in [3.63, 3.8) is 0 Å². The van der Waals surface area contributed by atoms with Crippen LogP contribution in [0, 0.1) is 6.92 Å². The third-order valence-electron chi connectivity index (χ3n) is 4.48. The molecule has 0 radical (unpaired) electrons. The fourth-order valence-electron chi connectivity index (χ4n) is 3.36. The highest BCUT2D eigenvalue weighted by atomic mass is 32.1. The van der Waals surface area contributed by atoms with Crippen LogP contribution in [0.3, 0.4) is 0 Å². The fraction of sp³-hybridized carbons (Fsp3) is 0.444. The van der Waals surface area contributed by atoms with Crippen molar-refractivity contribution in [2.75, 3.05) is 33.0 Å². The van der Waals surface area contributed by atoms with Gasteiger partial charge in [0, 0.05) is 29.4 Å². The third-order valence-corrected chi connectivity index (χ3v) is 5.54. The molecule has 2 aliphatic heterocycles.